The Morgan fingerprint density at radius 3 is 1.53 bits per heavy atom. The van der Waals surface area contributed by atoms with E-state index < -0.39 is 5.41 Å². The number of hydrogen-bond acceptors (Lipinski definition) is 2. The van der Waals surface area contributed by atoms with Crippen molar-refractivity contribution in [3.63, 3.8) is 0 Å². The first kappa shape index (κ1) is 38.7. The molecule has 0 bridgehead atoms. The fraction of sp³-hybridized carbons (Fsp3) is 0.0625. The van der Waals surface area contributed by atoms with E-state index in [1.165, 1.54) is 98.1 Å². The van der Waals surface area contributed by atoms with Gasteiger partial charge in [-0.1, -0.05) is 214 Å². The number of fused-ring (bicyclic) bond motifs is 10. The van der Waals surface area contributed by atoms with E-state index in [1.807, 2.05) is 11.3 Å². The van der Waals surface area contributed by atoms with Crippen LogP contribution in [-0.4, -0.2) is 0 Å². The summed E-state index contributed by atoms with van der Waals surface area (Å²) in [6.07, 6.45) is 0. The molecule has 66 heavy (non-hydrogen) atoms. The maximum atomic E-state index is 2.42. The molecule has 312 valence electrons. The van der Waals surface area contributed by atoms with Crippen LogP contribution in [0.15, 0.2) is 237 Å². The highest BCUT2D eigenvalue weighted by Crippen LogP contribution is 2.59. The van der Waals surface area contributed by atoms with Gasteiger partial charge in [0.2, 0.25) is 0 Å². The van der Waals surface area contributed by atoms with E-state index in [4.69, 9.17) is 0 Å². The predicted octanol–water partition coefficient (Wildman–Crippen LogP) is 17.5. The highest BCUT2D eigenvalue weighted by Gasteiger charge is 2.47. The van der Waals surface area contributed by atoms with Gasteiger partial charge < -0.3 is 4.90 Å². The van der Waals surface area contributed by atoms with Gasteiger partial charge in [0.15, 0.2) is 0 Å². The van der Waals surface area contributed by atoms with Crippen LogP contribution in [0.2, 0.25) is 0 Å². The van der Waals surface area contributed by atoms with E-state index in [-0.39, 0.29) is 5.41 Å². The highest BCUT2D eigenvalue weighted by atomic mass is 32.1. The minimum absolute atomic E-state index is 0.107. The molecule has 0 radical (unpaired) electrons. The number of rotatable bonds is 7. The van der Waals surface area contributed by atoms with Gasteiger partial charge in [-0.25, -0.2) is 0 Å². The first-order valence-electron chi connectivity index (χ1n) is 23.0. The van der Waals surface area contributed by atoms with E-state index in [2.05, 4.69) is 255 Å². The second-order valence-electron chi connectivity index (χ2n) is 18.4. The standard InChI is InChI=1S/C64H45NS/c1-63(2)56-27-14-12-23-51(56)52-38-37-49(41-59(52)63)65(47-33-29-43(30-34-47)42-17-6-3-7-18-42)48-35-31-44(32-36-48)50-25-16-26-53-54-39-40-58-60(62(54)66-61(50)53)55-24-13-15-28-57(55)64(58,45-19-8-4-9-20-45)46-21-10-5-11-22-46/h3-41H,1-2H3. The van der Waals surface area contributed by atoms with Gasteiger partial charge in [-0.2, -0.15) is 0 Å². The van der Waals surface area contributed by atoms with Gasteiger partial charge in [0, 0.05) is 48.2 Å². The summed E-state index contributed by atoms with van der Waals surface area (Å²) in [5, 5.41) is 2.61. The summed E-state index contributed by atoms with van der Waals surface area (Å²) >= 11 is 1.94. The summed E-state index contributed by atoms with van der Waals surface area (Å²) in [6, 6.07) is 87.9. The third kappa shape index (κ3) is 5.65. The molecule has 0 N–H and O–H groups in total. The topological polar surface area (TPSA) is 3.24 Å². The quantitative estimate of drug-likeness (QED) is 0.154. The molecule has 13 rings (SSSR count). The Morgan fingerprint density at radius 2 is 0.848 bits per heavy atom. The van der Waals surface area contributed by atoms with Crippen LogP contribution >= 0.6 is 11.3 Å². The number of anilines is 3. The molecular formula is C64H45NS. The van der Waals surface area contributed by atoms with Gasteiger partial charge >= 0.3 is 0 Å². The molecule has 2 aliphatic rings. The van der Waals surface area contributed by atoms with Crippen LogP contribution in [0.25, 0.3) is 64.7 Å². The molecule has 1 heterocycles. The van der Waals surface area contributed by atoms with Crippen molar-refractivity contribution in [1.29, 1.82) is 0 Å². The van der Waals surface area contributed by atoms with Crippen molar-refractivity contribution in [3.05, 3.63) is 270 Å². The summed E-state index contributed by atoms with van der Waals surface area (Å²) in [5.41, 5.74) is 21.1. The van der Waals surface area contributed by atoms with E-state index in [0.29, 0.717) is 0 Å². The molecule has 0 amide bonds. The fourth-order valence-electron chi connectivity index (χ4n) is 11.5. The van der Waals surface area contributed by atoms with Crippen molar-refractivity contribution < 1.29 is 0 Å². The van der Waals surface area contributed by atoms with Crippen molar-refractivity contribution in [2.45, 2.75) is 24.7 Å². The average Bonchev–Trinajstić information content (AvgIpc) is 3.99. The van der Waals surface area contributed by atoms with Crippen molar-refractivity contribution in [2.75, 3.05) is 4.90 Å². The average molecular weight is 860 g/mol. The fourth-order valence-corrected chi connectivity index (χ4v) is 12.9. The van der Waals surface area contributed by atoms with Gasteiger partial charge in [0.05, 0.1) is 5.41 Å². The Balaban J connectivity index is 0.947. The molecule has 0 unspecified atom stereocenters. The Hall–Kier alpha value is -7.78. The van der Waals surface area contributed by atoms with Crippen molar-refractivity contribution in [3.8, 4) is 44.5 Å². The van der Waals surface area contributed by atoms with E-state index in [9.17, 15) is 0 Å². The molecule has 0 fully saturated rings. The third-order valence-corrected chi connectivity index (χ3v) is 15.9. The zero-order chi connectivity index (χ0) is 44.0. The van der Waals surface area contributed by atoms with Gasteiger partial charge in [0.25, 0.3) is 0 Å². The Kier molecular flexibility index (Phi) is 8.72. The third-order valence-electron chi connectivity index (χ3n) is 14.6. The zero-order valence-corrected chi connectivity index (χ0v) is 37.7. The predicted molar refractivity (Wildman–Crippen MR) is 280 cm³/mol. The molecule has 2 heteroatoms. The molecule has 2 aliphatic carbocycles. The highest BCUT2D eigenvalue weighted by molar-refractivity contribution is 7.27. The van der Waals surface area contributed by atoms with Crippen LogP contribution < -0.4 is 4.90 Å². The minimum atomic E-state index is -0.427. The Labute approximate surface area is 390 Å². The second-order valence-corrected chi connectivity index (χ2v) is 19.4. The first-order valence-corrected chi connectivity index (χ1v) is 23.8. The molecular weight excluding hydrogens is 815 g/mol. The number of benzene rings is 10. The Morgan fingerprint density at radius 1 is 0.333 bits per heavy atom. The van der Waals surface area contributed by atoms with Gasteiger partial charge in [0.1, 0.15) is 0 Å². The van der Waals surface area contributed by atoms with Gasteiger partial charge in [-0.05, 0) is 109 Å². The maximum Gasteiger partial charge on any atom is 0.0714 e. The maximum absolute atomic E-state index is 2.42. The summed E-state index contributed by atoms with van der Waals surface area (Å²) in [4.78, 5) is 2.42. The van der Waals surface area contributed by atoms with Gasteiger partial charge in [-0.15, -0.1) is 11.3 Å². The van der Waals surface area contributed by atoms with E-state index in [0.717, 1.165) is 17.1 Å². The van der Waals surface area contributed by atoms with Gasteiger partial charge in [-0.3, -0.25) is 0 Å². The van der Waals surface area contributed by atoms with Crippen LogP contribution in [0.4, 0.5) is 17.1 Å². The summed E-state index contributed by atoms with van der Waals surface area (Å²) in [7, 11) is 0. The number of thiophene rings is 1. The summed E-state index contributed by atoms with van der Waals surface area (Å²) in [6.45, 7) is 4.72. The van der Waals surface area contributed by atoms with E-state index in [1.54, 1.807) is 0 Å². The largest absolute Gasteiger partial charge is 0.310 e. The molecule has 1 nitrogen and oxygen atoms in total. The van der Waals surface area contributed by atoms with Crippen LogP contribution in [-0.2, 0) is 10.8 Å². The van der Waals surface area contributed by atoms with Crippen LogP contribution in [0.1, 0.15) is 47.2 Å². The van der Waals surface area contributed by atoms with Crippen molar-refractivity contribution >= 4 is 48.6 Å². The molecule has 11 aromatic rings. The molecule has 1 aromatic heterocycles. The van der Waals surface area contributed by atoms with Crippen LogP contribution in [0.3, 0.4) is 0 Å². The van der Waals surface area contributed by atoms with Crippen molar-refractivity contribution in [2.24, 2.45) is 0 Å². The normalized spacial score (nSPS) is 13.8. The second kappa shape index (κ2) is 14.9. The van der Waals surface area contributed by atoms with Crippen LogP contribution in [0, 0.1) is 0 Å². The number of nitrogens with zero attached hydrogens (tertiary/aromatic N) is 1. The smallest absolute Gasteiger partial charge is 0.0714 e. The molecule has 10 aromatic carbocycles. The Bertz CT molecular complexity index is 3600. The monoisotopic (exact) mass is 859 g/mol. The summed E-state index contributed by atoms with van der Waals surface area (Å²) < 4.78 is 2.66. The van der Waals surface area contributed by atoms with Crippen molar-refractivity contribution in [1.82, 2.24) is 0 Å². The molecule has 0 saturated heterocycles. The SMILES string of the molecule is CC1(C)c2ccccc2-c2ccc(N(c3ccc(-c4ccccc4)cc3)c3ccc(-c4cccc5c4sc4c6c(ccc45)C(c4ccccc4)(c4ccccc4)c4ccccc4-6)cc3)cc21. The molecule has 0 aliphatic heterocycles. The lowest BCUT2D eigenvalue weighted by Gasteiger charge is -2.33. The zero-order valence-electron chi connectivity index (χ0n) is 36.9. The minimum Gasteiger partial charge on any atom is -0.310 e. The lowest BCUT2D eigenvalue weighted by molar-refractivity contribution is 0.660. The molecule has 0 spiro atoms. The van der Waals surface area contributed by atoms with E-state index >= 15 is 0 Å². The molecule has 0 atom stereocenters. The lowest BCUT2D eigenvalue weighted by Crippen LogP contribution is -2.28. The van der Waals surface area contributed by atoms with Crippen LogP contribution in [0.5, 0.6) is 0 Å². The lowest BCUT2D eigenvalue weighted by atomic mass is 9.68. The first-order chi connectivity index (χ1) is 32.5. The summed E-state index contributed by atoms with van der Waals surface area (Å²) in [5.74, 6) is 0. The molecule has 0 saturated carbocycles. The number of hydrogen-bond donors (Lipinski definition) is 0.